The Bertz CT molecular complexity index is 178. The second-order valence-electron chi connectivity index (χ2n) is 4.92. The Kier molecular flexibility index (Phi) is 11.6. The molecule has 0 aliphatic heterocycles. The van der Waals surface area contributed by atoms with Gasteiger partial charge in [0.2, 0.25) is 0 Å². The van der Waals surface area contributed by atoms with Crippen molar-refractivity contribution in [1.29, 1.82) is 0 Å². The highest BCUT2D eigenvalue weighted by Gasteiger charge is 2.06. The summed E-state index contributed by atoms with van der Waals surface area (Å²) in [6.07, 6.45) is 12.2. The standard InChI is InChI=1S/C15H30O2/c1-4-6-7-8-9-10-11-12-13-14(3)17-15(16)5-2/h14H,4-13H2,1-3H3/t14-/m0/s1. The molecule has 2 nitrogen and oxygen atoms in total. The summed E-state index contributed by atoms with van der Waals surface area (Å²) in [6, 6.07) is 0. The van der Waals surface area contributed by atoms with E-state index in [0.29, 0.717) is 6.42 Å². The zero-order valence-corrected chi connectivity index (χ0v) is 12.0. The van der Waals surface area contributed by atoms with Gasteiger partial charge >= 0.3 is 5.97 Å². The second-order valence-corrected chi connectivity index (χ2v) is 4.92. The van der Waals surface area contributed by atoms with Crippen LogP contribution >= 0.6 is 0 Å². The average Bonchev–Trinajstić information content (AvgIpc) is 2.32. The van der Waals surface area contributed by atoms with Gasteiger partial charge in [0, 0.05) is 6.42 Å². The predicted molar refractivity (Wildman–Crippen MR) is 73.1 cm³/mol. The van der Waals surface area contributed by atoms with Crippen molar-refractivity contribution in [3.63, 3.8) is 0 Å². The first-order valence-electron chi connectivity index (χ1n) is 7.40. The highest BCUT2D eigenvalue weighted by Crippen LogP contribution is 2.11. The molecule has 0 N–H and O–H groups in total. The molecule has 17 heavy (non-hydrogen) atoms. The molecule has 0 bridgehead atoms. The van der Waals surface area contributed by atoms with E-state index >= 15 is 0 Å². The van der Waals surface area contributed by atoms with Crippen LogP contribution in [-0.4, -0.2) is 12.1 Å². The Labute approximate surface area is 107 Å². The zero-order valence-electron chi connectivity index (χ0n) is 12.0. The maximum atomic E-state index is 11.0. The predicted octanol–water partition coefficient (Wildman–Crippen LogP) is 4.86. The molecule has 0 aromatic heterocycles. The molecule has 0 aliphatic rings. The van der Waals surface area contributed by atoms with E-state index in [-0.39, 0.29) is 12.1 Å². The topological polar surface area (TPSA) is 26.3 Å². The molecule has 1 atom stereocenters. The number of hydrogen-bond donors (Lipinski definition) is 0. The Balaban J connectivity index is 3.19. The number of esters is 1. The van der Waals surface area contributed by atoms with Crippen LogP contribution in [-0.2, 0) is 9.53 Å². The maximum absolute atomic E-state index is 11.0. The van der Waals surface area contributed by atoms with Gasteiger partial charge in [-0.05, 0) is 19.8 Å². The normalized spacial score (nSPS) is 12.4. The van der Waals surface area contributed by atoms with Crippen LogP contribution < -0.4 is 0 Å². The lowest BCUT2D eigenvalue weighted by Gasteiger charge is -2.12. The minimum absolute atomic E-state index is 0.0722. The van der Waals surface area contributed by atoms with E-state index in [2.05, 4.69) is 6.92 Å². The van der Waals surface area contributed by atoms with Crippen molar-refractivity contribution >= 4 is 5.97 Å². The van der Waals surface area contributed by atoms with Gasteiger partial charge in [0.05, 0.1) is 6.10 Å². The second kappa shape index (κ2) is 11.9. The quantitative estimate of drug-likeness (QED) is 0.382. The molecule has 0 spiro atoms. The number of ether oxygens (including phenoxy) is 1. The molecule has 0 amide bonds. The van der Waals surface area contributed by atoms with E-state index in [9.17, 15) is 4.79 Å². The summed E-state index contributed by atoms with van der Waals surface area (Å²) in [4.78, 5) is 11.0. The fourth-order valence-electron chi connectivity index (χ4n) is 1.93. The molecule has 0 fully saturated rings. The highest BCUT2D eigenvalue weighted by atomic mass is 16.5. The van der Waals surface area contributed by atoms with Crippen molar-refractivity contribution in [3.05, 3.63) is 0 Å². The average molecular weight is 242 g/mol. The van der Waals surface area contributed by atoms with Gasteiger partial charge in [-0.15, -0.1) is 0 Å². The van der Waals surface area contributed by atoms with Crippen molar-refractivity contribution < 1.29 is 9.53 Å². The molecule has 0 saturated carbocycles. The Morgan fingerprint density at radius 3 is 2.00 bits per heavy atom. The number of carbonyl (C=O) groups is 1. The molecule has 0 radical (unpaired) electrons. The maximum Gasteiger partial charge on any atom is 0.305 e. The first kappa shape index (κ1) is 16.5. The molecular formula is C15H30O2. The monoisotopic (exact) mass is 242 g/mol. The zero-order chi connectivity index (χ0) is 12.9. The van der Waals surface area contributed by atoms with Crippen LogP contribution in [0.4, 0.5) is 0 Å². The first-order chi connectivity index (χ1) is 8.20. The van der Waals surface area contributed by atoms with E-state index in [1.165, 1.54) is 51.4 Å². The van der Waals surface area contributed by atoms with Crippen molar-refractivity contribution in [2.24, 2.45) is 0 Å². The van der Waals surface area contributed by atoms with Gasteiger partial charge in [-0.1, -0.05) is 58.8 Å². The van der Waals surface area contributed by atoms with Crippen LogP contribution in [0.25, 0.3) is 0 Å². The van der Waals surface area contributed by atoms with Crippen LogP contribution in [0, 0.1) is 0 Å². The van der Waals surface area contributed by atoms with Gasteiger partial charge in [0.15, 0.2) is 0 Å². The minimum atomic E-state index is -0.0722. The summed E-state index contributed by atoms with van der Waals surface area (Å²) in [5.41, 5.74) is 0. The largest absolute Gasteiger partial charge is 0.463 e. The van der Waals surface area contributed by atoms with Crippen molar-refractivity contribution in [2.75, 3.05) is 0 Å². The fraction of sp³-hybridized carbons (Fsp3) is 0.933. The van der Waals surface area contributed by atoms with Crippen molar-refractivity contribution in [1.82, 2.24) is 0 Å². The summed E-state index contributed by atoms with van der Waals surface area (Å²) in [5, 5.41) is 0. The third kappa shape index (κ3) is 11.7. The molecule has 0 aromatic carbocycles. The summed E-state index contributed by atoms with van der Waals surface area (Å²) >= 11 is 0. The fourth-order valence-corrected chi connectivity index (χ4v) is 1.93. The molecule has 102 valence electrons. The summed E-state index contributed by atoms with van der Waals surface area (Å²) < 4.78 is 5.22. The molecule has 0 heterocycles. The van der Waals surface area contributed by atoms with Gasteiger partial charge < -0.3 is 4.74 Å². The Hall–Kier alpha value is -0.530. The van der Waals surface area contributed by atoms with Crippen LogP contribution in [0.2, 0.25) is 0 Å². The minimum Gasteiger partial charge on any atom is -0.463 e. The lowest BCUT2D eigenvalue weighted by molar-refractivity contribution is -0.148. The number of unbranched alkanes of at least 4 members (excludes halogenated alkanes) is 7. The third-order valence-electron chi connectivity index (χ3n) is 3.09. The van der Waals surface area contributed by atoms with Crippen LogP contribution in [0.3, 0.4) is 0 Å². The third-order valence-corrected chi connectivity index (χ3v) is 3.09. The van der Waals surface area contributed by atoms with Crippen molar-refractivity contribution in [3.8, 4) is 0 Å². The SMILES string of the molecule is CCCCCCCCCC[C@H](C)OC(=O)CC. The smallest absolute Gasteiger partial charge is 0.305 e. The lowest BCUT2D eigenvalue weighted by atomic mass is 10.1. The Morgan fingerprint density at radius 2 is 1.47 bits per heavy atom. The van der Waals surface area contributed by atoms with Gasteiger partial charge in [-0.2, -0.15) is 0 Å². The number of hydrogen-bond acceptors (Lipinski definition) is 2. The van der Waals surface area contributed by atoms with E-state index in [1.807, 2.05) is 13.8 Å². The summed E-state index contributed by atoms with van der Waals surface area (Å²) in [6.45, 7) is 6.08. The molecule has 0 rings (SSSR count). The van der Waals surface area contributed by atoms with Gasteiger partial charge in [-0.25, -0.2) is 0 Å². The molecule has 0 aromatic rings. The van der Waals surface area contributed by atoms with E-state index in [4.69, 9.17) is 4.74 Å². The van der Waals surface area contributed by atoms with Crippen LogP contribution in [0.1, 0.15) is 85.0 Å². The number of carbonyl (C=O) groups excluding carboxylic acids is 1. The van der Waals surface area contributed by atoms with Gasteiger partial charge in [-0.3, -0.25) is 4.79 Å². The molecular weight excluding hydrogens is 212 g/mol. The molecule has 0 unspecified atom stereocenters. The molecule has 0 saturated heterocycles. The summed E-state index contributed by atoms with van der Waals surface area (Å²) in [7, 11) is 0. The van der Waals surface area contributed by atoms with E-state index in [1.54, 1.807) is 0 Å². The first-order valence-corrected chi connectivity index (χ1v) is 7.40. The molecule has 2 heteroatoms. The molecule has 0 aliphatic carbocycles. The van der Waals surface area contributed by atoms with E-state index < -0.39 is 0 Å². The van der Waals surface area contributed by atoms with Crippen LogP contribution in [0.5, 0.6) is 0 Å². The van der Waals surface area contributed by atoms with Gasteiger partial charge in [0.1, 0.15) is 0 Å². The highest BCUT2D eigenvalue weighted by molar-refractivity contribution is 5.69. The Morgan fingerprint density at radius 1 is 0.941 bits per heavy atom. The lowest BCUT2D eigenvalue weighted by Crippen LogP contribution is -2.13. The van der Waals surface area contributed by atoms with Crippen LogP contribution in [0.15, 0.2) is 0 Å². The number of rotatable bonds is 11. The van der Waals surface area contributed by atoms with E-state index in [0.717, 1.165) is 6.42 Å². The van der Waals surface area contributed by atoms with Gasteiger partial charge in [0.25, 0.3) is 0 Å². The van der Waals surface area contributed by atoms with Crippen molar-refractivity contribution in [2.45, 2.75) is 91.1 Å². The summed E-state index contributed by atoms with van der Waals surface area (Å²) in [5.74, 6) is -0.0722.